The van der Waals surface area contributed by atoms with Crippen molar-refractivity contribution in [1.29, 1.82) is 0 Å². The lowest BCUT2D eigenvalue weighted by Gasteiger charge is -2.36. The summed E-state index contributed by atoms with van der Waals surface area (Å²) >= 11 is 0. The first-order valence-corrected chi connectivity index (χ1v) is 12.7. The van der Waals surface area contributed by atoms with Gasteiger partial charge in [-0.15, -0.1) is 0 Å². The number of ether oxygens (including phenoxy) is 2. The monoisotopic (exact) mass is 521 g/mol. The van der Waals surface area contributed by atoms with Gasteiger partial charge in [0.1, 0.15) is 30.0 Å². The van der Waals surface area contributed by atoms with Gasteiger partial charge in [-0.25, -0.2) is 4.79 Å². The van der Waals surface area contributed by atoms with Crippen molar-refractivity contribution in [1.82, 2.24) is 15.5 Å². The van der Waals surface area contributed by atoms with Gasteiger partial charge in [-0.3, -0.25) is 14.4 Å². The Bertz CT molecular complexity index is 940. The summed E-state index contributed by atoms with van der Waals surface area (Å²) in [6, 6.07) is 2.68. The minimum atomic E-state index is -1.25. The lowest BCUT2D eigenvalue weighted by Crippen LogP contribution is -2.55. The van der Waals surface area contributed by atoms with Gasteiger partial charge in [-0.05, 0) is 45.6 Å². The fourth-order valence-corrected chi connectivity index (χ4v) is 3.71. The fraction of sp³-hybridized carbons (Fsp3) is 0.630. The van der Waals surface area contributed by atoms with Crippen molar-refractivity contribution in [3.63, 3.8) is 0 Å². The van der Waals surface area contributed by atoms with Crippen LogP contribution in [0.2, 0.25) is 0 Å². The maximum Gasteiger partial charge on any atom is 0.408 e. The highest BCUT2D eigenvalue weighted by molar-refractivity contribution is 5.93. The second-order valence-electron chi connectivity index (χ2n) is 10.3. The topological polar surface area (TPSA) is 134 Å². The lowest BCUT2D eigenvalue weighted by molar-refractivity contribution is -0.145. The van der Waals surface area contributed by atoms with E-state index in [0.717, 1.165) is 12.8 Å². The van der Waals surface area contributed by atoms with E-state index in [2.05, 4.69) is 15.4 Å². The summed E-state index contributed by atoms with van der Waals surface area (Å²) in [6.07, 6.45) is 1.51. The summed E-state index contributed by atoms with van der Waals surface area (Å²) in [4.78, 5) is 53.1. The smallest absolute Gasteiger partial charge is 0.408 e. The first kappa shape index (κ1) is 31.7. The largest absolute Gasteiger partial charge is 0.507 e. The van der Waals surface area contributed by atoms with Crippen molar-refractivity contribution in [3.8, 4) is 5.75 Å². The molecule has 3 N–H and O–H groups in total. The van der Waals surface area contributed by atoms with Gasteiger partial charge >= 0.3 is 12.1 Å². The average molecular weight is 522 g/mol. The summed E-state index contributed by atoms with van der Waals surface area (Å²) in [5.74, 6) is -2.28. The average Bonchev–Trinajstić information content (AvgIpc) is 2.81. The highest BCUT2D eigenvalue weighted by Crippen LogP contribution is 2.33. The molecule has 10 heteroatoms. The minimum Gasteiger partial charge on any atom is -0.507 e. The Hall–Kier alpha value is -3.30. The van der Waals surface area contributed by atoms with Crippen LogP contribution in [0.4, 0.5) is 4.79 Å². The van der Waals surface area contributed by atoms with E-state index < -0.39 is 48.1 Å². The second-order valence-corrected chi connectivity index (χ2v) is 10.3. The zero-order valence-electron chi connectivity index (χ0n) is 23.3. The van der Waals surface area contributed by atoms with E-state index >= 15 is 0 Å². The number of para-hydroxylation sites is 1. The number of aryl methyl sites for hydroxylation is 1. The fourth-order valence-electron chi connectivity index (χ4n) is 3.71. The molecule has 208 valence electrons. The van der Waals surface area contributed by atoms with Crippen LogP contribution in [0.5, 0.6) is 5.75 Å². The molecular formula is C27H43N3O7. The normalized spacial score (nSPS) is 12.9. The maximum atomic E-state index is 14.0. The van der Waals surface area contributed by atoms with Crippen LogP contribution in [-0.4, -0.2) is 65.7 Å². The number of carbonyl (C=O) groups is 4. The van der Waals surface area contributed by atoms with E-state index in [4.69, 9.17) is 4.74 Å². The third-order valence-corrected chi connectivity index (χ3v) is 5.65. The highest BCUT2D eigenvalue weighted by Gasteiger charge is 2.38. The zero-order valence-corrected chi connectivity index (χ0v) is 23.3. The molecule has 2 atom stereocenters. The number of methoxy groups -OCH3 is 1. The third kappa shape index (κ3) is 9.93. The molecule has 1 aromatic rings. The van der Waals surface area contributed by atoms with Gasteiger partial charge in [0.25, 0.3) is 0 Å². The van der Waals surface area contributed by atoms with Crippen LogP contribution in [0.15, 0.2) is 18.2 Å². The molecule has 37 heavy (non-hydrogen) atoms. The maximum absolute atomic E-state index is 14.0. The predicted molar refractivity (Wildman–Crippen MR) is 140 cm³/mol. The number of hydrogen-bond acceptors (Lipinski definition) is 7. The molecule has 0 aliphatic heterocycles. The van der Waals surface area contributed by atoms with Gasteiger partial charge in [0.2, 0.25) is 11.8 Å². The molecule has 0 heterocycles. The van der Waals surface area contributed by atoms with Crippen LogP contribution in [0.25, 0.3) is 0 Å². The number of unbranched alkanes of at least 4 members (excludes halogenated alkanes) is 2. The van der Waals surface area contributed by atoms with E-state index in [0.29, 0.717) is 12.0 Å². The van der Waals surface area contributed by atoms with Crippen LogP contribution in [0, 0.1) is 12.8 Å². The number of phenols is 1. The van der Waals surface area contributed by atoms with Gasteiger partial charge in [-0.2, -0.15) is 0 Å². The van der Waals surface area contributed by atoms with E-state index in [1.165, 1.54) is 12.0 Å². The second kappa shape index (κ2) is 14.4. The van der Waals surface area contributed by atoms with Crippen LogP contribution >= 0.6 is 0 Å². The van der Waals surface area contributed by atoms with Gasteiger partial charge < -0.3 is 30.1 Å². The number of nitrogens with one attached hydrogen (secondary N) is 2. The van der Waals surface area contributed by atoms with Crippen molar-refractivity contribution in [2.45, 2.75) is 85.4 Å². The number of carbonyl (C=O) groups excluding carboxylic acids is 4. The lowest BCUT2D eigenvalue weighted by atomic mass is 9.96. The predicted octanol–water partition coefficient (Wildman–Crippen LogP) is 3.60. The van der Waals surface area contributed by atoms with Crippen molar-refractivity contribution in [2.24, 2.45) is 5.92 Å². The molecule has 0 spiro atoms. The highest BCUT2D eigenvalue weighted by atomic mass is 16.6. The van der Waals surface area contributed by atoms with Gasteiger partial charge in [0, 0.05) is 12.1 Å². The first-order valence-electron chi connectivity index (χ1n) is 12.7. The number of aromatic hydroxyl groups is 1. The molecule has 0 bridgehead atoms. The molecule has 1 aromatic carbocycles. The van der Waals surface area contributed by atoms with Crippen molar-refractivity contribution < 1.29 is 33.8 Å². The van der Waals surface area contributed by atoms with E-state index in [-0.39, 0.29) is 23.8 Å². The Labute approximate surface area is 220 Å². The molecule has 10 nitrogen and oxygen atoms in total. The molecule has 0 aromatic heterocycles. The van der Waals surface area contributed by atoms with Crippen LogP contribution < -0.4 is 10.6 Å². The number of rotatable bonds is 12. The molecule has 0 aliphatic carbocycles. The number of alkyl carbamates (subject to hydrolysis) is 1. The van der Waals surface area contributed by atoms with Crippen LogP contribution in [-0.2, 0) is 23.9 Å². The number of esters is 1. The van der Waals surface area contributed by atoms with E-state index in [1.54, 1.807) is 59.7 Å². The Morgan fingerprint density at radius 3 is 2.30 bits per heavy atom. The summed E-state index contributed by atoms with van der Waals surface area (Å²) < 4.78 is 9.98. The summed E-state index contributed by atoms with van der Waals surface area (Å²) in [5, 5.41) is 16.0. The molecule has 0 saturated carbocycles. The quantitative estimate of drug-likeness (QED) is 0.283. The van der Waals surface area contributed by atoms with Gasteiger partial charge in [0.05, 0.1) is 7.11 Å². The molecule has 3 amide bonds. The SMILES string of the molecule is CCCCCN(C(=O)C(NC(=O)OC(C)(C)C)C(C)C)C(C(=O)NCC(=O)OC)c1cccc(C)c1O. The first-order chi connectivity index (χ1) is 17.2. The number of phenolic OH excluding ortho intramolecular Hbond substituents is 1. The van der Waals surface area contributed by atoms with Crippen molar-refractivity contribution >= 4 is 23.9 Å². The van der Waals surface area contributed by atoms with Gasteiger partial charge in [-0.1, -0.05) is 51.8 Å². The molecule has 0 saturated heterocycles. The van der Waals surface area contributed by atoms with Crippen molar-refractivity contribution in [2.75, 3.05) is 20.2 Å². The minimum absolute atomic E-state index is 0.129. The summed E-state index contributed by atoms with van der Waals surface area (Å²) in [7, 11) is 1.20. The number of benzene rings is 1. The summed E-state index contributed by atoms with van der Waals surface area (Å²) in [5.41, 5.74) is -0.0254. The van der Waals surface area contributed by atoms with Crippen molar-refractivity contribution in [3.05, 3.63) is 29.3 Å². The number of nitrogens with zero attached hydrogens (tertiary/aromatic N) is 1. The third-order valence-electron chi connectivity index (χ3n) is 5.65. The molecule has 0 aliphatic rings. The standard InChI is InChI=1S/C27H43N3O7/c1-9-10-11-15-30(25(34)21(17(2)3)29-26(35)37-27(5,6)7)22(24(33)28-16-20(31)36-8)19-14-12-13-18(4)23(19)32/h12-14,17,21-22,32H,9-11,15-16H2,1-8H3,(H,28,33)(H,29,35). The van der Waals surface area contributed by atoms with E-state index in [9.17, 15) is 24.3 Å². The number of amides is 3. The Morgan fingerprint density at radius 1 is 1.11 bits per heavy atom. The Balaban J connectivity index is 3.54. The molecule has 2 unspecified atom stereocenters. The van der Waals surface area contributed by atoms with Crippen LogP contribution in [0.3, 0.4) is 0 Å². The summed E-state index contributed by atoms with van der Waals surface area (Å²) in [6.45, 7) is 12.2. The Kier molecular flexibility index (Phi) is 12.4. The van der Waals surface area contributed by atoms with Gasteiger partial charge in [0.15, 0.2) is 0 Å². The molecule has 1 rings (SSSR count). The molecule has 0 fully saturated rings. The van der Waals surface area contributed by atoms with E-state index in [1.807, 2.05) is 6.92 Å². The molecule has 0 radical (unpaired) electrons. The van der Waals surface area contributed by atoms with Crippen LogP contribution in [0.1, 0.15) is 78.0 Å². The number of hydrogen-bond donors (Lipinski definition) is 3. The Morgan fingerprint density at radius 2 is 1.76 bits per heavy atom. The zero-order chi connectivity index (χ0) is 28.3. The molecular weight excluding hydrogens is 478 g/mol.